The molecule has 0 saturated carbocycles. The number of likely N-dealkylation sites (tertiary alicyclic amines) is 1. The highest BCUT2D eigenvalue weighted by molar-refractivity contribution is 5.95. The van der Waals surface area contributed by atoms with E-state index >= 15 is 0 Å². The van der Waals surface area contributed by atoms with Gasteiger partial charge < -0.3 is 35.1 Å². The van der Waals surface area contributed by atoms with E-state index in [4.69, 9.17) is 14.2 Å². The van der Waals surface area contributed by atoms with Crippen molar-refractivity contribution >= 4 is 29.8 Å². The molecule has 12 nitrogen and oxygen atoms in total. The van der Waals surface area contributed by atoms with Crippen molar-refractivity contribution < 1.29 is 38.2 Å². The van der Waals surface area contributed by atoms with Crippen LogP contribution >= 0.6 is 0 Å². The maximum atomic E-state index is 13.4. The fraction of sp³-hybridized carbons (Fsp3) is 0.485. The van der Waals surface area contributed by atoms with Crippen LogP contribution in [0.5, 0.6) is 0 Å². The van der Waals surface area contributed by atoms with Gasteiger partial charge in [-0.3, -0.25) is 14.4 Å². The Morgan fingerprint density at radius 1 is 0.844 bits per heavy atom. The zero-order valence-electron chi connectivity index (χ0n) is 26.5. The number of hydrogen-bond acceptors (Lipinski definition) is 8. The highest BCUT2D eigenvalue weighted by atomic mass is 16.6. The normalized spacial score (nSPS) is 16.6. The second-order valence-electron chi connectivity index (χ2n) is 11.9. The lowest BCUT2D eigenvalue weighted by Gasteiger charge is -2.29. The van der Waals surface area contributed by atoms with Gasteiger partial charge >= 0.3 is 12.1 Å². The van der Waals surface area contributed by atoms with Crippen LogP contribution in [0, 0.1) is 0 Å². The number of rotatable bonds is 13. The third kappa shape index (κ3) is 11.5. The van der Waals surface area contributed by atoms with Gasteiger partial charge in [0, 0.05) is 6.54 Å². The molecule has 244 valence electrons. The number of carbonyl (C=O) groups is 5. The summed E-state index contributed by atoms with van der Waals surface area (Å²) in [6.45, 7) is 8.54. The lowest BCUT2D eigenvalue weighted by atomic mass is 10.1. The molecule has 0 aliphatic carbocycles. The first-order valence-electron chi connectivity index (χ1n) is 15.1. The number of nitrogens with one attached hydrogen (secondary N) is 3. The first-order chi connectivity index (χ1) is 21.3. The number of benzene rings is 2. The number of amides is 4. The zero-order chi connectivity index (χ0) is 33.0. The minimum Gasteiger partial charge on any atom is -0.459 e. The molecule has 1 aliphatic heterocycles. The molecule has 1 fully saturated rings. The molecule has 12 heteroatoms. The third-order valence-electron chi connectivity index (χ3n) is 6.91. The third-order valence-corrected chi connectivity index (χ3v) is 6.91. The molecule has 0 spiro atoms. The largest absolute Gasteiger partial charge is 0.459 e. The quantitative estimate of drug-likeness (QED) is 0.288. The monoisotopic (exact) mass is 624 g/mol. The van der Waals surface area contributed by atoms with Crippen LogP contribution in [0.25, 0.3) is 0 Å². The predicted octanol–water partition coefficient (Wildman–Crippen LogP) is 2.84. The minimum atomic E-state index is -1.15. The van der Waals surface area contributed by atoms with Crippen molar-refractivity contribution in [3.05, 3.63) is 71.8 Å². The van der Waals surface area contributed by atoms with Crippen molar-refractivity contribution in [2.45, 2.75) is 90.4 Å². The standard InChI is InChI=1S/C33H44N4O8/c1-22(34-28(38)26(36-32(42)45-33(3,4)5)21-43-19-24-13-8-6-9-14-24)30(40)37-18-12-17-27(37)29(39)35-23(2)31(41)44-20-25-15-10-7-11-16-25/h6-11,13-16,22-23,26-27H,12,17-21H2,1-5H3,(H,34,38)(H,35,39)(H,36,42)/t22-,23-,26+,27+/m1/s1. The Balaban J connectivity index is 1.57. The van der Waals surface area contributed by atoms with E-state index in [2.05, 4.69) is 16.0 Å². The van der Waals surface area contributed by atoms with Crippen molar-refractivity contribution in [2.75, 3.05) is 13.2 Å². The number of esters is 1. The minimum absolute atomic E-state index is 0.0756. The molecule has 0 bridgehead atoms. The smallest absolute Gasteiger partial charge is 0.408 e. The summed E-state index contributed by atoms with van der Waals surface area (Å²) in [5, 5.41) is 7.81. The lowest BCUT2D eigenvalue weighted by Crippen LogP contribution is -2.57. The van der Waals surface area contributed by atoms with Crippen LogP contribution in [0.15, 0.2) is 60.7 Å². The van der Waals surface area contributed by atoms with Crippen LogP contribution < -0.4 is 16.0 Å². The maximum absolute atomic E-state index is 13.4. The summed E-state index contributed by atoms with van der Waals surface area (Å²) in [6, 6.07) is 14.6. The number of nitrogens with zero attached hydrogens (tertiary/aromatic N) is 1. The summed E-state index contributed by atoms with van der Waals surface area (Å²) in [4.78, 5) is 66.1. The summed E-state index contributed by atoms with van der Waals surface area (Å²) >= 11 is 0. The Kier molecular flexibility index (Phi) is 12.9. The van der Waals surface area contributed by atoms with Gasteiger partial charge in [0.2, 0.25) is 17.7 Å². The van der Waals surface area contributed by atoms with Gasteiger partial charge in [0.15, 0.2) is 0 Å². The second kappa shape index (κ2) is 16.6. The van der Waals surface area contributed by atoms with E-state index in [0.717, 1.165) is 11.1 Å². The Labute approximate surface area is 264 Å². The van der Waals surface area contributed by atoms with E-state index < -0.39 is 59.6 Å². The van der Waals surface area contributed by atoms with Crippen molar-refractivity contribution in [2.24, 2.45) is 0 Å². The van der Waals surface area contributed by atoms with Crippen LogP contribution in [-0.2, 0) is 46.6 Å². The van der Waals surface area contributed by atoms with E-state index in [1.54, 1.807) is 20.8 Å². The number of carbonyl (C=O) groups excluding carboxylic acids is 5. The molecule has 1 aliphatic rings. The maximum Gasteiger partial charge on any atom is 0.408 e. The van der Waals surface area contributed by atoms with Gasteiger partial charge in [-0.15, -0.1) is 0 Å². The van der Waals surface area contributed by atoms with Crippen LogP contribution in [0.4, 0.5) is 4.79 Å². The molecular weight excluding hydrogens is 580 g/mol. The average molecular weight is 625 g/mol. The fourth-order valence-corrected chi connectivity index (χ4v) is 4.65. The molecular formula is C33H44N4O8. The first kappa shape index (κ1) is 35.0. The molecule has 3 rings (SSSR count). The summed E-state index contributed by atoms with van der Waals surface area (Å²) in [5.41, 5.74) is 0.912. The molecule has 0 unspecified atom stereocenters. The van der Waals surface area contributed by atoms with Gasteiger partial charge in [-0.1, -0.05) is 60.7 Å². The molecule has 1 heterocycles. The lowest BCUT2D eigenvalue weighted by molar-refractivity contribution is -0.149. The molecule has 2 aromatic carbocycles. The molecule has 1 saturated heterocycles. The van der Waals surface area contributed by atoms with Crippen LogP contribution in [-0.4, -0.2) is 77.6 Å². The van der Waals surface area contributed by atoms with Crippen LogP contribution in [0.3, 0.4) is 0 Å². The molecule has 2 aromatic rings. The van der Waals surface area contributed by atoms with Gasteiger partial charge in [0.1, 0.15) is 36.4 Å². The van der Waals surface area contributed by atoms with E-state index in [9.17, 15) is 24.0 Å². The Hall–Kier alpha value is -4.45. The van der Waals surface area contributed by atoms with Crippen molar-refractivity contribution in [3.8, 4) is 0 Å². The van der Waals surface area contributed by atoms with E-state index in [1.165, 1.54) is 18.7 Å². The SMILES string of the molecule is C[C@@H](NC(=O)[C@@H]1CCCN1C(=O)[C@@H](C)NC(=O)[C@H](COCc1ccccc1)NC(=O)OC(C)(C)C)C(=O)OCc1ccccc1. The summed E-state index contributed by atoms with van der Waals surface area (Å²) in [7, 11) is 0. The highest BCUT2D eigenvalue weighted by Crippen LogP contribution is 2.19. The van der Waals surface area contributed by atoms with Crippen molar-refractivity contribution in [3.63, 3.8) is 0 Å². The Morgan fingerprint density at radius 3 is 2.04 bits per heavy atom. The Bertz CT molecular complexity index is 1300. The van der Waals surface area contributed by atoms with Gasteiger partial charge in [0.25, 0.3) is 0 Å². The van der Waals surface area contributed by atoms with Gasteiger partial charge in [-0.05, 0) is 58.6 Å². The Morgan fingerprint density at radius 2 is 1.44 bits per heavy atom. The average Bonchev–Trinajstić information content (AvgIpc) is 3.49. The van der Waals surface area contributed by atoms with Crippen molar-refractivity contribution in [1.29, 1.82) is 0 Å². The van der Waals surface area contributed by atoms with E-state index in [-0.39, 0.29) is 19.8 Å². The van der Waals surface area contributed by atoms with Gasteiger partial charge in [0.05, 0.1) is 13.2 Å². The second-order valence-corrected chi connectivity index (χ2v) is 11.9. The topological polar surface area (TPSA) is 152 Å². The molecule has 4 atom stereocenters. The molecule has 45 heavy (non-hydrogen) atoms. The predicted molar refractivity (Wildman–Crippen MR) is 165 cm³/mol. The zero-order valence-corrected chi connectivity index (χ0v) is 26.5. The number of alkyl carbamates (subject to hydrolysis) is 1. The van der Waals surface area contributed by atoms with Crippen LogP contribution in [0.1, 0.15) is 58.6 Å². The number of hydrogen-bond donors (Lipinski definition) is 3. The van der Waals surface area contributed by atoms with Gasteiger partial charge in [-0.2, -0.15) is 0 Å². The summed E-state index contributed by atoms with van der Waals surface area (Å²) in [6.07, 6.45) is 0.172. The molecule has 3 N–H and O–H groups in total. The van der Waals surface area contributed by atoms with E-state index in [1.807, 2.05) is 60.7 Å². The highest BCUT2D eigenvalue weighted by Gasteiger charge is 2.38. The molecule has 0 radical (unpaired) electrons. The fourth-order valence-electron chi connectivity index (χ4n) is 4.65. The molecule has 0 aromatic heterocycles. The molecule has 4 amide bonds. The van der Waals surface area contributed by atoms with Crippen LogP contribution in [0.2, 0.25) is 0 Å². The number of ether oxygens (including phenoxy) is 3. The first-order valence-corrected chi connectivity index (χ1v) is 15.1. The summed E-state index contributed by atoms with van der Waals surface area (Å²) in [5.74, 6) is -2.20. The van der Waals surface area contributed by atoms with Gasteiger partial charge in [-0.25, -0.2) is 9.59 Å². The van der Waals surface area contributed by atoms with Crippen molar-refractivity contribution in [1.82, 2.24) is 20.9 Å². The van der Waals surface area contributed by atoms with E-state index in [0.29, 0.717) is 19.4 Å². The summed E-state index contributed by atoms with van der Waals surface area (Å²) < 4.78 is 16.3.